The van der Waals surface area contributed by atoms with Crippen molar-refractivity contribution in [3.63, 3.8) is 0 Å². The van der Waals surface area contributed by atoms with Gasteiger partial charge in [0, 0.05) is 6.42 Å². The van der Waals surface area contributed by atoms with E-state index >= 15 is 0 Å². The summed E-state index contributed by atoms with van der Waals surface area (Å²) in [6, 6.07) is -0.971. The number of hydrogen-bond acceptors (Lipinski definition) is 18. The summed E-state index contributed by atoms with van der Waals surface area (Å²) in [6.45, 7) is 1.72. The smallest absolute Gasteiger partial charge is 0.220 e. The summed E-state index contributed by atoms with van der Waals surface area (Å²) in [5.74, 6) is -0.277. The molecule has 19 heteroatoms. The van der Waals surface area contributed by atoms with E-state index in [0.29, 0.717) is 6.42 Å². The van der Waals surface area contributed by atoms with Crippen LogP contribution in [-0.2, 0) is 33.2 Å². The fourth-order valence-electron chi connectivity index (χ4n) is 10.6. The number of aliphatic hydroxyl groups excluding tert-OH is 11. The summed E-state index contributed by atoms with van der Waals surface area (Å²) in [7, 11) is 0. The Morgan fingerprint density at radius 2 is 0.797 bits per heavy atom. The highest BCUT2D eigenvalue weighted by Crippen LogP contribution is 2.33. The molecular weight excluding hydrogens is 1020 g/mol. The van der Waals surface area contributed by atoms with Gasteiger partial charge in [-0.2, -0.15) is 0 Å². The van der Waals surface area contributed by atoms with E-state index in [9.17, 15) is 61.0 Å². The quantitative estimate of drug-likeness (QED) is 0.0248. The first kappa shape index (κ1) is 71.5. The molecule has 0 radical (unpaired) electrons. The molecule has 3 heterocycles. The zero-order valence-electron chi connectivity index (χ0n) is 48.4. The van der Waals surface area contributed by atoms with Gasteiger partial charge in [0.2, 0.25) is 5.91 Å². The summed E-state index contributed by atoms with van der Waals surface area (Å²) in [6.07, 6.45) is 18.6. The third-order valence-electron chi connectivity index (χ3n) is 15.7. The molecule has 3 fully saturated rings. The highest BCUT2D eigenvalue weighted by atomic mass is 16.8. The minimum absolute atomic E-state index is 0.243. The van der Waals surface area contributed by atoms with Gasteiger partial charge in [0.1, 0.15) is 73.2 Å². The summed E-state index contributed by atoms with van der Waals surface area (Å²) in [5, 5.41) is 120. The first-order valence-corrected chi connectivity index (χ1v) is 31.1. The fourth-order valence-corrected chi connectivity index (χ4v) is 10.6. The third-order valence-corrected chi connectivity index (χ3v) is 15.7. The summed E-state index contributed by atoms with van der Waals surface area (Å²) >= 11 is 0. The Morgan fingerprint density at radius 3 is 1.23 bits per heavy atom. The van der Waals surface area contributed by atoms with Gasteiger partial charge >= 0.3 is 0 Å². The van der Waals surface area contributed by atoms with Crippen molar-refractivity contribution in [2.75, 3.05) is 26.4 Å². The minimum Gasteiger partial charge on any atom is -0.394 e. The van der Waals surface area contributed by atoms with Crippen LogP contribution in [0.5, 0.6) is 0 Å². The molecule has 0 aromatic carbocycles. The standard InChI is InChI=1S/C60H111NO18/c1-3-5-7-9-11-13-15-17-19-20-21-22-24-26-28-30-32-34-36-38-48(66)61-43(44(65)37-35-33-31-29-27-25-23-18-16-14-12-10-8-6-4-2)42-74-58-54(72)51(69)56(46(40-63)76-58)79-60-55(73)52(70)57(47(41-64)77-60)78-59-53(71)50(68)49(67)45(39-62)75-59/h17,19,35,37,43-47,49-60,62-65,67-73H,3-16,18,20-34,36,38-42H2,1-2H3,(H,61,66)/b19-17-,37-35+. The lowest BCUT2D eigenvalue weighted by Crippen LogP contribution is -2.66. The molecule has 3 rings (SSSR count). The van der Waals surface area contributed by atoms with Crippen molar-refractivity contribution in [2.45, 2.75) is 324 Å². The van der Waals surface area contributed by atoms with Gasteiger partial charge in [0.05, 0.1) is 38.6 Å². The molecule has 19 nitrogen and oxygen atoms in total. The zero-order chi connectivity index (χ0) is 57.6. The van der Waals surface area contributed by atoms with Crippen LogP contribution in [0.1, 0.15) is 219 Å². The molecule has 0 aromatic rings. The van der Waals surface area contributed by atoms with Crippen LogP contribution < -0.4 is 5.32 Å². The van der Waals surface area contributed by atoms with Crippen molar-refractivity contribution in [2.24, 2.45) is 0 Å². The van der Waals surface area contributed by atoms with Gasteiger partial charge in [-0.15, -0.1) is 0 Å². The van der Waals surface area contributed by atoms with E-state index < -0.39 is 124 Å². The number of carbonyl (C=O) groups is 1. The van der Waals surface area contributed by atoms with Gasteiger partial charge in [0.25, 0.3) is 0 Å². The molecule has 3 aliphatic heterocycles. The Morgan fingerprint density at radius 1 is 0.443 bits per heavy atom. The molecule has 0 spiro atoms. The molecule has 3 saturated heterocycles. The van der Waals surface area contributed by atoms with Crippen LogP contribution in [0.2, 0.25) is 0 Å². The largest absolute Gasteiger partial charge is 0.394 e. The fraction of sp³-hybridized carbons (Fsp3) is 0.917. The third kappa shape index (κ3) is 27.7. The predicted molar refractivity (Wildman–Crippen MR) is 300 cm³/mol. The van der Waals surface area contributed by atoms with Crippen LogP contribution >= 0.6 is 0 Å². The number of allylic oxidation sites excluding steroid dienone is 3. The van der Waals surface area contributed by atoms with Crippen molar-refractivity contribution in [1.29, 1.82) is 0 Å². The van der Waals surface area contributed by atoms with Crippen LogP contribution in [0.3, 0.4) is 0 Å². The van der Waals surface area contributed by atoms with E-state index in [2.05, 4.69) is 31.3 Å². The second-order valence-corrected chi connectivity index (χ2v) is 22.5. The Labute approximate surface area is 473 Å². The second-order valence-electron chi connectivity index (χ2n) is 22.5. The number of nitrogens with one attached hydrogen (secondary N) is 1. The van der Waals surface area contributed by atoms with E-state index in [0.717, 1.165) is 51.4 Å². The van der Waals surface area contributed by atoms with Gasteiger partial charge in [0.15, 0.2) is 18.9 Å². The number of rotatable bonds is 46. The lowest BCUT2D eigenvalue weighted by molar-refractivity contribution is -0.379. The lowest BCUT2D eigenvalue weighted by Gasteiger charge is -2.48. The number of aliphatic hydroxyl groups is 11. The van der Waals surface area contributed by atoms with Gasteiger partial charge in [-0.3, -0.25) is 4.79 Å². The van der Waals surface area contributed by atoms with Crippen molar-refractivity contribution in [3.05, 3.63) is 24.3 Å². The van der Waals surface area contributed by atoms with Crippen molar-refractivity contribution >= 4 is 5.91 Å². The SMILES string of the molecule is CCCCCCCC/C=C\CCCCCCCCCCCC(=O)NC(COC1OC(CO)C(OC2OC(CO)C(OC3OC(CO)C(O)C(O)C3O)C(O)C2O)C(O)C1O)C(O)/C=C/CCCCCCCCCCCCCCC. The van der Waals surface area contributed by atoms with Crippen LogP contribution in [-0.4, -0.2) is 193 Å². The summed E-state index contributed by atoms with van der Waals surface area (Å²) in [5.41, 5.74) is 0. The molecule has 12 N–H and O–H groups in total. The molecule has 0 bridgehead atoms. The molecule has 1 amide bonds. The lowest BCUT2D eigenvalue weighted by atomic mass is 9.96. The molecule has 17 atom stereocenters. The van der Waals surface area contributed by atoms with E-state index in [4.69, 9.17) is 28.4 Å². The maximum Gasteiger partial charge on any atom is 0.220 e. The number of carbonyl (C=O) groups excluding carboxylic acids is 1. The Hall–Kier alpha value is -1.73. The Balaban J connectivity index is 1.49. The van der Waals surface area contributed by atoms with E-state index in [1.54, 1.807) is 6.08 Å². The van der Waals surface area contributed by atoms with Crippen molar-refractivity contribution in [3.8, 4) is 0 Å². The van der Waals surface area contributed by atoms with Crippen LogP contribution in [0.4, 0.5) is 0 Å². The number of unbranched alkanes of at least 4 members (excludes halogenated alkanes) is 28. The maximum absolute atomic E-state index is 13.3. The number of ether oxygens (including phenoxy) is 6. The van der Waals surface area contributed by atoms with E-state index in [1.807, 2.05) is 6.08 Å². The molecule has 17 unspecified atom stereocenters. The molecular formula is C60H111NO18. The second kappa shape index (κ2) is 43.8. The number of hydrogen-bond donors (Lipinski definition) is 12. The topological polar surface area (TPSA) is 307 Å². The van der Waals surface area contributed by atoms with E-state index in [1.165, 1.54) is 141 Å². The highest BCUT2D eigenvalue weighted by Gasteiger charge is 2.53. The monoisotopic (exact) mass is 1130 g/mol. The molecule has 0 aliphatic carbocycles. The molecule has 0 saturated carbocycles. The first-order valence-electron chi connectivity index (χ1n) is 31.1. The zero-order valence-corrected chi connectivity index (χ0v) is 48.4. The first-order chi connectivity index (χ1) is 38.3. The predicted octanol–water partition coefficient (Wildman–Crippen LogP) is 5.93. The van der Waals surface area contributed by atoms with Gasteiger partial charge in [-0.25, -0.2) is 0 Å². The average Bonchev–Trinajstić information content (AvgIpc) is 3.47. The van der Waals surface area contributed by atoms with Crippen molar-refractivity contribution in [1.82, 2.24) is 5.32 Å². The summed E-state index contributed by atoms with van der Waals surface area (Å²) in [4.78, 5) is 13.3. The Kier molecular flexibility index (Phi) is 39.7. The maximum atomic E-state index is 13.3. The average molecular weight is 1130 g/mol. The minimum atomic E-state index is -1.98. The van der Waals surface area contributed by atoms with Gasteiger partial charge in [-0.05, 0) is 44.9 Å². The van der Waals surface area contributed by atoms with Crippen LogP contribution in [0, 0.1) is 0 Å². The van der Waals surface area contributed by atoms with Gasteiger partial charge in [-0.1, -0.05) is 192 Å². The van der Waals surface area contributed by atoms with Crippen molar-refractivity contribution < 1.29 is 89.4 Å². The highest BCUT2D eigenvalue weighted by molar-refractivity contribution is 5.76. The number of amides is 1. The van der Waals surface area contributed by atoms with E-state index in [-0.39, 0.29) is 18.9 Å². The molecule has 3 aliphatic rings. The molecule has 0 aromatic heterocycles. The summed E-state index contributed by atoms with van der Waals surface area (Å²) < 4.78 is 34.3. The van der Waals surface area contributed by atoms with Gasteiger partial charge < -0.3 is 89.9 Å². The van der Waals surface area contributed by atoms with Crippen LogP contribution in [0.15, 0.2) is 24.3 Å². The van der Waals surface area contributed by atoms with Crippen LogP contribution in [0.25, 0.3) is 0 Å². The molecule has 464 valence electrons. The normalized spacial score (nSPS) is 30.4. The molecule has 79 heavy (non-hydrogen) atoms. The Bertz CT molecular complexity index is 1540.